The van der Waals surface area contributed by atoms with Crippen LogP contribution in [0.2, 0.25) is 0 Å². The molecule has 0 spiro atoms. The van der Waals surface area contributed by atoms with Crippen molar-refractivity contribution >= 4 is 27.3 Å². The fourth-order valence-electron chi connectivity index (χ4n) is 2.50. The van der Waals surface area contributed by atoms with Crippen molar-refractivity contribution in [2.24, 2.45) is 5.92 Å². The lowest BCUT2D eigenvalue weighted by Crippen LogP contribution is -2.25. The Hall–Kier alpha value is 0.1000. The Labute approximate surface area is 110 Å². The minimum absolute atomic E-state index is 0.406. The van der Waals surface area contributed by atoms with Crippen LogP contribution in [0.25, 0.3) is 0 Å². The summed E-state index contributed by atoms with van der Waals surface area (Å²) in [5.41, 5.74) is 1.42. The fourth-order valence-corrected chi connectivity index (χ4v) is 4.25. The number of thiophene rings is 1. The number of ether oxygens (including phenoxy) is 1. The summed E-state index contributed by atoms with van der Waals surface area (Å²) in [5.74, 6) is 0.597. The highest BCUT2D eigenvalue weighted by Crippen LogP contribution is 2.37. The molecule has 0 saturated carbocycles. The third-order valence-electron chi connectivity index (χ3n) is 3.27. The summed E-state index contributed by atoms with van der Waals surface area (Å²) in [4.78, 5) is 1.39. The molecule has 0 amide bonds. The zero-order chi connectivity index (χ0) is 11.7. The van der Waals surface area contributed by atoms with E-state index in [1.807, 2.05) is 18.4 Å². The molecule has 3 atom stereocenters. The Bertz CT molecular complexity index is 366. The monoisotopic (exact) mass is 303 g/mol. The third-order valence-corrected chi connectivity index (χ3v) is 4.84. The highest BCUT2D eigenvalue weighted by atomic mass is 79.9. The minimum atomic E-state index is 0.406. The van der Waals surface area contributed by atoms with E-state index in [4.69, 9.17) is 4.74 Å². The second-order valence-electron chi connectivity index (χ2n) is 4.47. The van der Waals surface area contributed by atoms with Gasteiger partial charge in [0.2, 0.25) is 0 Å². The van der Waals surface area contributed by atoms with Gasteiger partial charge in [0.25, 0.3) is 0 Å². The Kier molecular flexibility index (Phi) is 4.06. The molecule has 1 aromatic heterocycles. The van der Waals surface area contributed by atoms with E-state index >= 15 is 0 Å². The largest absolute Gasteiger partial charge is 0.378 e. The number of hydrogen-bond donors (Lipinski definition) is 1. The fraction of sp³-hybridized carbons (Fsp3) is 0.667. The molecule has 0 radical (unpaired) electrons. The van der Waals surface area contributed by atoms with Gasteiger partial charge < -0.3 is 10.1 Å². The maximum Gasteiger partial charge on any atom is 0.0704 e. The predicted molar refractivity (Wildman–Crippen MR) is 72.1 cm³/mol. The van der Waals surface area contributed by atoms with Gasteiger partial charge in [-0.1, -0.05) is 0 Å². The van der Waals surface area contributed by atoms with Gasteiger partial charge in [-0.3, -0.25) is 0 Å². The van der Waals surface area contributed by atoms with Crippen molar-refractivity contribution in [3.8, 4) is 0 Å². The lowest BCUT2D eigenvalue weighted by Gasteiger charge is -2.22. The Morgan fingerprint density at radius 3 is 2.81 bits per heavy atom. The van der Waals surface area contributed by atoms with Gasteiger partial charge in [0.05, 0.1) is 16.5 Å². The molecule has 4 heteroatoms. The predicted octanol–water partition coefficient (Wildman–Crippen LogP) is 3.50. The summed E-state index contributed by atoms with van der Waals surface area (Å²) in [6, 6.07) is 2.66. The third kappa shape index (κ3) is 2.50. The number of nitrogens with one attached hydrogen (secondary N) is 1. The van der Waals surface area contributed by atoms with Crippen LogP contribution in [0, 0.1) is 12.8 Å². The second-order valence-corrected chi connectivity index (χ2v) is 7.10. The van der Waals surface area contributed by atoms with E-state index in [9.17, 15) is 0 Å². The van der Waals surface area contributed by atoms with Crippen LogP contribution in [-0.2, 0) is 4.74 Å². The second kappa shape index (κ2) is 5.17. The first-order chi connectivity index (χ1) is 7.61. The van der Waals surface area contributed by atoms with E-state index in [1.165, 1.54) is 14.2 Å². The first kappa shape index (κ1) is 12.6. The quantitative estimate of drug-likeness (QED) is 0.923. The summed E-state index contributed by atoms with van der Waals surface area (Å²) in [7, 11) is 2.04. The molecule has 1 aromatic rings. The van der Waals surface area contributed by atoms with Gasteiger partial charge in [-0.15, -0.1) is 11.3 Å². The highest BCUT2D eigenvalue weighted by Gasteiger charge is 2.31. The van der Waals surface area contributed by atoms with Gasteiger partial charge in [-0.05, 0) is 54.9 Å². The van der Waals surface area contributed by atoms with Crippen LogP contribution in [-0.4, -0.2) is 19.8 Å². The molecule has 1 aliphatic heterocycles. The molecule has 1 aliphatic rings. The molecule has 0 bridgehead atoms. The maximum absolute atomic E-state index is 5.67. The molecule has 90 valence electrons. The lowest BCUT2D eigenvalue weighted by atomic mass is 9.91. The first-order valence-electron chi connectivity index (χ1n) is 5.66. The zero-order valence-electron chi connectivity index (χ0n) is 9.92. The molecule has 16 heavy (non-hydrogen) atoms. The van der Waals surface area contributed by atoms with Crippen LogP contribution in [0.5, 0.6) is 0 Å². The summed E-state index contributed by atoms with van der Waals surface area (Å²) in [6.45, 7) is 5.22. The first-order valence-corrected chi connectivity index (χ1v) is 7.27. The van der Waals surface area contributed by atoms with Gasteiger partial charge in [0.15, 0.2) is 0 Å². The molecular weight excluding hydrogens is 286 g/mol. The lowest BCUT2D eigenvalue weighted by molar-refractivity contribution is 0.117. The number of hydrogen-bond acceptors (Lipinski definition) is 3. The van der Waals surface area contributed by atoms with Gasteiger partial charge >= 0.3 is 0 Å². The van der Waals surface area contributed by atoms with Gasteiger partial charge in [0.1, 0.15) is 0 Å². The van der Waals surface area contributed by atoms with Crippen molar-refractivity contribution in [2.75, 3.05) is 13.7 Å². The topological polar surface area (TPSA) is 21.3 Å². The maximum atomic E-state index is 5.67. The van der Waals surface area contributed by atoms with E-state index in [1.54, 1.807) is 0 Å². The van der Waals surface area contributed by atoms with Gasteiger partial charge in [-0.2, -0.15) is 0 Å². The van der Waals surface area contributed by atoms with Crippen LogP contribution in [0.15, 0.2) is 9.85 Å². The molecule has 3 unspecified atom stereocenters. The van der Waals surface area contributed by atoms with Crippen molar-refractivity contribution in [2.45, 2.75) is 32.4 Å². The van der Waals surface area contributed by atoms with Crippen molar-refractivity contribution in [1.82, 2.24) is 5.32 Å². The standard InChI is InChI=1S/C12H18BrNOS/c1-7-4-9(6-15-7)12(14-3)10-5-11(13)16-8(10)2/h5,7,9,12,14H,4,6H2,1-3H3. The Morgan fingerprint density at radius 1 is 1.62 bits per heavy atom. The average molecular weight is 304 g/mol. The van der Waals surface area contributed by atoms with E-state index in [2.05, 4.69) is 41.2 Å². The number of halogens is 1. The molecule has 1 fully saturated rings. The van der Waals surface area contributed by atoms with E-state index in [-0.39, 0.29) is 0 Å². The highest BCUT2D eigenvalue weighted by molar-refractivity contribution is 9.11. The van der Waals surface area contributed by atoms with E-state index in [0.717, 1.165) is 13.0 Å². The van der Waals surface area contributed by atoms with Crippen LogP contribution in [0.3, 0.4) is 0 Å². The van der Waals surface area contributed by atoms with Crippen molar-refractivity contribution in [1.29, 1.82) is 0 Å². The van der Waals surface area contributed by atoms with E-state index < -0.39 is 0 Å². The summed E-state index contributed by atoms with van der Waals surface area (Å²) >= 11 is 5.37. The molecule has 0 aromatic carbocycles. The zero-order valence-corrected chi connectivity index (χ0v) is 12.3. The van der Waals surface area contributed by atoms with Gasteiger partial charge in [-0.25, -0.2) is 0 Å². The van der Waals surface area contributed by atoms with E-state index in [0.29, 0.717) is 18.1 Å². The van der Waals surface area contributed by atoms with Gasteiger partial charge in [0, 0.05) is 16.8 Å². The normalized spacial score (nSPS) is 27.2. The SMILES string of the molecule is CNC(c1cc(Br)sc1C)C1COC(C)C1. The van der Waals surface area contributed by atoms with Crippen molar-refractivity contribution in [3.05, 3.63) is 20.3 Å². The number of rotatable bonds is 3. The molecule has 1 N–H and O–H groups in total. The van der Waals surface area contributed by atoms with Crippen LogP contribution >= 0.6 is 27.3 Å². The number of aryl methyl sites for hydroxylation is 1. The summed E-state index contributed by atoms with van der Waals surface area (Å²) < 4.78 is 6.88. The molecule has 2 rings (SSSR count). The Morgan fingerprint density at radius 2 is 2.38 bits per heavy atom. The smallest absolute Gasteiger partial charge is 0.0704 e. The molecule has 2 nitrogen and oxygen atoms in total. The van der Waals surface area contributed by atoms with Crippen molar-refractivity contribution in [3.63, 3.8) is 0 Å². The Balaban J connectivity index is 2.19. The minimum Gasteiger partial charge on any atom is -0.378 e. The molecular formula is C12H18BrNOS. The molecule has 2 heterocycles. The molecule has 0 aliphatic carbocycles. The van der Waals surface area contributed by atoms with Crippen LogP contribution in [0.4, 0.5) is 0 Å². The summed E-state index contributed by atoms with van der Waals surface area (Å²) in [6.07, 6.45) is 1.56. The molecule has 1 saturated heterocycles. The van der Waals surface area contributed by atoms with Crippen LogP contribution in [0.1, 0.15) is 29.8 Å². The van der Waals surface area contributed by atoms with Crippen LogP contribution < -0.4 is 5.32 Å². The average Bonchev–Trinajstić information content (AvgIpc) is 2.76. The summed E-state index contributed by atoms with van der Waals surface area (Å²) in [5, 5.41) is 3.44. The van der Waals surface area contributed by atoms with Crippen molar-refractivity contribution < 1.29 is 4.74 Å².